The van der Waals surface area contributed by atoms with Gasteiger partial charge in [0.05, 0.1) is 0 Å². The molecule has 0 aliphatic heterocycles. The van der Waals surface area contributed by atoms with Crippen molar-refractivity contribution >= 4 is 18.5 Å². The highest BCUT2D eigenvalue weighted by Crippen LogP contribution is 2.71. The Labute approximate surface area is 141 Å². The van der Waals surface area contributed by atoms with Crippen LogP contribution in [0.2, 0.25) is 0 Å². The topological polar surface area (TPSA) is 0 Å². The van der Waals surface area contributed by atoms with Crippen LogP contribution in [-0.2, 0) is 0 Å². The van der Waals surface area contributed by atoms with E-state index in [2.05, 4.69) is 87.5 Å². The van der Waals surface area contributed by atoms with Crippen LogP contribution in [0.4, 0.5) is 0 Å². The third kappa shape index (κ3) is 2.15. The highest BCUT2D eigenvalue weighted by molar-refractivity contribution is 7.76. The minimum Gasteiger partial charge on any atom is -0.0760 e. The van der Waals surface area contributed by atoms with Crippen molar-refractivity contribution in [2.24, 2.45) is 16.7 Å². The quantitative estimate of drug-likeness (QED) is 0.659. The van der Waals surface area contributed by atoms with E-state index in [1.807, 2.05) is 0 Å². The number of hydrogen-bond acceptors (Lipinski definition) is 0. The van der Waals surface area contributed by atoms with Crippen LogP contribution in [-0.4, -0.2) is 0 Å². The van der Waals surface area contributed by atoms with Crippen molar-refractivity contribution in [1.82, 2.24) is 0 Å². The lowest BCUT2D eigenvalue weighted by molar-refractivity contribution is 0.178. The van der Waals surface area contributed by atoms with Crippen LogP contribution in [0, 0.1) is 16.7 Å². The maximum absolute atomic E-state index is 2.65. The second kappa shape index (κ2) is 5.32. The van der Waals surface area contributed by atoms with Crippen molar-refractivity contribution in [1.29, 1.82) is 0 Å². The number of rotatable bonds is 3. The molecule has 1 saturated carbocycles. The molecule has 1 heteroatoms. The molecule has 0 amide bonds. The Hall–Kier alpha value is -1.39. The monoisotopic (exact) mass is 320 g/mol. The van der Waals surface area contributed by atoms with E-state index in [-0.39, 0.29) is 0 Å². The maximum Gasteiger partial charge on any atom is -0.00107 e. The Balaban J connectivity index is 1.87. The van der Waals surface area contributed by atoms with Crippen LogP contribution >= 0.6 is 7.92 Å². The van der Waals surface area contributed by atoms with Crippen LogP contribution < -0.4 is 10.6 Å². The number of hydrogen-bond donors (Lipinski definition) is 0. The third-order valence-corrected chi connectivity index (χ3v) is 9.25. The highest BCUT2D eigenvalue weighted by Gasteiger charge is 2.58. The van der Waals surface area contributed by atoms with Gasteiger partial charge < -0.3 is 0 Å². The average Bonchev–Trinajstić information content (AvgIpc) is 2.91. The van der Waals surface area contributed by atoms with Gasteiger partial charge in [0.2, 0.25) is 0 Å². The molecular weight excluding hydrogens is 295 g/mol. The molecular formula is C22H25P. The Morgan fingerprint density at radius 1 is 0.826 bits per heavy atom. The summed E-state index contributed by atoms with van der Waals surface area (Å²) in [6, 6.07) is 22.3. The molecule has 0 aromatic heterocycles. The Kier molecular flexibility index (Phi) is 3.50. The second-order valence-electron chi connectivity index (χ2n) is 7.76. The molecule has 2 aromatic carbocycles. The van der Waals surface area contributed by atoms with Gasteiger partial charge in [0.25, 0.3) is 0 Å². The van der Waals surface area contributed by atoms with Crippen LogP contribution in [0.1, 0.15) is 33.6 Å². The van der Waals surface area contributed by atoms with Gasteiger partial charge >= 0.3 is 0 Å². The highest BCUT2D eigenvalue weighted by atomic mass is 31.1. The molecule has 2 aliphatic carbocycles. The van der Waals surface area contributed by atoms with Gasteiger partial charge in [-0.1, -0.05) is 87.5 Å². The van der Waals surface area contributed by atoms with E-state index >= 15 is 0 Å². The van der Waals surface area contributed by atoms with Crippen molar-refractivity contribution in [3.8, 4) is 0 Å². The minimum absolute atomic E-state index is 0.342. The molecule has 0 saturated heterocycles. The van der Waals surface area contributed by atoms with E-state index in [4.69, 9.17) is 0 Å². The van der Waals surface area contributed by atoms with Gasteiger partial charge in [0.15, 0.2) is 0 Å². The van der Waals surface area contributed by atoms with Gasteiger partial charge in [0.1, 0.15) is 0 Å². The normalized spacial score (nSPS) is 28.2. The van der Waals surface area contributed by atoms with Gasteiger partial charge in [-0.3, -0.25) is 0 Å². The zero-order valence-electron chi connectivity index (χ0n) is 14.3. The van der Waals surface area contributed by atoms with Gasteiger partial charge in [0, 0.05) is 0 Å². The Bertz CT molecular complexity index is 690. The first kappa shape index (κ1) is 15.2. The molecule has 0 heterocycles. The summed E-state index contributed by atoms with van der Waals surface area (Å²) in [4.78, 5) is 0. The standard InChI is InChI=1S/C22H25P/c1-21(2)17-14-15-22(21,3)20(16-17)23(18-10-6-4-7-11-18)19-12-8-5-9-13-19/h4-13,16-17H,14-15H2,1-3H3. The number of fused-ring (bicyclic) bond motifs is 2. The summed E-state index contributed by atoms with van der Waals surface area (Å²) in [6.45, 7) is 7.49. The van der Waals surface area contributed by atoms with E-state index in [1.54, 1.807) is 5.31 Å². The first-order valence-corrected chi connectivity index (χ1v) is 10.0. The van der Waals surface area contributed by atoms with E-state index < -0.39 is 7.92 Å². The fourth-order valence-corrected chi connectivity index (χ4v) is 7.58. The molecule has 2 aliphatic rings. The number of benzene rings is 2. The van der Waals surface area contributed by atoms with E-state index in [1.165, 1.54) is 23.5 Å². The predicted molar refractivity (Wildman–Crippen MR) is 102 cm³/mol. The van der Waals surface area contributed by atoms with Crippen molar-refractivity contribution < 1.29 is 0 Å². The summed E-state index contributed by atoms with van der Waals surface area (Å²) in [5, 5.41) is 4.69. The molecule has 2 bridgehead atoms. The minimum atomic E-state index is -0.413. The third-order valence-electron chi connectivity index (χ3n) is 6.50. The molecule has 0 spiro atoms. The molecule has 0 N–H and O–H groups in total. The molecule has 0 nitrogen and oxygen atoms in total. The summed E-state index contributed by atoms with van der Waals surface area (Å²) >= 11 is 0. The lowest BCUT2D eigenvalue weighted by Crippen LogP contribution is -2.31. The molecule has 2 unspecified atom stereocenters. The summed E-state index contributed by atoms with van der Waals surface area (Å²) in [6.07, 6.45) is 5.35. The van der Waals surface area contributed by atoms with Crippen molar-refractivity contribution in [2.45, 2.75) is 33.6 Å². The van der Waals surface area contributed by atoms with Crippen LogP contribution in [0.25, 0.3) is 0 Å². The van der Waals surface area contributed by atoms with Gasteiger partial charge in [-0.2, -0.15) is 0 Å². The van der Waals surface area contributed by atoms with Crippen LogP contribution in [0.3, 0.4) is 0 Å². The Morgan fingerprint density at radius 3 is 1.74 bits per heavy atom. The van der Waals surface area contributed by atoms with Crippen molar-refractivity contribution in [2.75, 3.05) is 0 Å². The van der Waals surface area contributed by atoms with Gasteiger partial charge in [-0.25, -0.2) is 0 Å². The molecule has 118 valence electrons. The zero-order chi connectivity index (χ0) is 16.1. The molecule has 2 atom stereocenters. The SMILES string of the molecule is CC12CCC(C=C1P(c1ccccc1)c1ccccc1)C2(C)C. The first-order chi connectivity index (χ1) is 11.0. The largest absolute Gasteiger partial charge is 0.0760 e. The van der Waals surface area contributed by atoms with E-state index in [9.17, 15) is 0 Å². The van der Waals surface area contributed by atoms with Crippen LogP contribution in [0.5, 0.6) is 0 Å². The van der Waals surface area contributed by atoms with E-state index in [0.29, 0.717) is 10.8 Å². The molecule has 23 heavy (non-hydrogen) atoms. The summed E-state index contributed by atoms with van der Waals surface area (Å²) < 4.78 is 0. The second-order valence-corrected chi connectivity index (χ2v) is 9.94. The van der Waals surface area contributed by atoms with Gasteiger partial charge in [-0.05, 0) is 53.4 Å². The van der Waals surface area contributed by atoms with Crippen molar-refractivity contribution in [3.05, 3.63) is 72.1 Å². The zero-order valence-corrected chi connectivity index (χ0v) is 15.2. The maximum atomic E-state index is 2.65. The smallest absolute Gasteiger partial charge is 0.00107 e. The molecule has 2 aromatic rings. The Morgan fingerprint density at radius 2 is 1.35 bits per heavy atom. The molecule has 4 rings (SSSR count). The fourth-order valence-electron chi connectivity index (χ4n) is 4.56. The lowest BCUT2D eigenvalue weighted by atomic mass is 9.70. The van der Waals surface area contributed by atoms with Gasteiger partial charge in [-0.15, -0.1) is 0 Å². The average molecular weight is 320 g/mol. The molecule has 0 radical (unpaired) electrons. The lowest BCUT2D eigenvalue weighted by Gasteiger charge is -2.40. The fraction of sp³-hybridized carbons (Fsp3) is 0.364. The van der Waals surface area contributed by atoms with Crippen molar-refractivity contribution in [3.63, 3.8) is 0 Å². The predicted octanol–water partition coefficient (Wildman–Crippen LogP) is 5.46. The first-order valence-electron chi connectivity index (χ1n) is 8.66. The van der Waals surface area contributed by atoms with Crippen LogP contribution in [0.15, 0.2) is 72.1 Å². The molecule has 1 fully saturated rings. The summed E-state index contributed by atoms with van der Waals surface area (Å²) in [5.41, 5.74) is 0.738. The summed E-state index contributed by atoms with van der Waals surface area (Å²) in [5.74, 6) is 0.750. The summed E-state index contributed by atoms with van der Waals surface area (Å²) in [7, 11) is -0.413. The number of allylic oxidation sites excluding steroid dienone is 2. The van der Waals surface area contributed by atoms with E-state index in [0.717, 1.165) is 5.92 Å².